The van der Waals surface area contributed by atoms with Crippen molar-refractivity contribution in [3.8, 4) is 0 Å². The van der Waals surface area contributed by atoms with Crippen molar-refractivity contribution in [3.05, 3.63) is 22.8 Å². The predicted octanol–water partition coefficient (Wildman–Crippen LogP) is 16.2. The third-order valence-corrected chi connectivity index (χ3v) is 11.5. The number of carbonyl (C=O) groups excluding carboxylic acids is 4. The highest BCUT2D eigenvalue weighted by molar-refractivity contribution is 6.04. The average Bonchev–Trinajstić information content (AvgIpc) is 0.685. The third kappa shape index (κ3) is 10.2. The van der Waals surface area contributed by atoms with E-state index < -0.39 is 189 Å². The first-order chi connectivity index (χ1) is 39.1. The van der Waals surface area contributed by atoms with Crippen LogP contribution >= 0.6 is 0 Å². The minimum Gasteiger partial charge on any atom is -0.445 e. The summed E-state index contributed by atoms with van der Waals surface area (Å²) in [6.07, 6.45) is -8.09. The number of alkyl halides is 47. The van der Waals surface area contributed by atoms with E-state index in [2.05, 4.69) is 14.7 Å². The van der Waals surface area contributed by atoms with E-state index in [-0.39, 0.29) is 13.0 Å². The van der Waals surface area contributed by atoms with Gasteiger partial charge in [0.15, 0.2) is 6.73 Å². The molecule has 528 valence electrons. The summed E-state index contributed by atoms with van der Waals surface area (Å²) in [7, 11) is 0. The molecule has 0 atom stereocenters. The number of ether oxygens (including phenoxy) is 1. The van der Waals surface area contributed by atoms with Crippen LogP contribution in [-0.4, -0.2) is 161 Å². The molecule has 0 aliphatic heterocycles. The summed E-state index contributed by atoms with van der Waals surface area (Å²) in [6, 6.07) is -1.08. The van der Waals surface area contributed by atoms with Crippen LogP contribution in [-0.2, 0) is 25.0 Å². The molecule has 0 saturated carbocycles. The molecule has 1 aromatic rings. The Bertz CT molecular complexity index is 3030. The molecule has 8 nitrogen and oxygen atoms in total. The lowest BCUT2D eigenvalue weighted by molar-refractivity contribution is -0.498. The Morgan fingerprint density at radius 2 is 0.549 bits per heavy atom. The number of aliphatic imine (C=N–C) groups is 2. The fraction of sp³-hybridized carbons (Fsp3) is 0.722. The lowest BCUT2D eigenvalue weighted by atomic mass is 9.81. The van der Waals surface area contributed by atoms with Crippen LogP contribution in [0.25, 0.3) is 0 Å². The van der Waals surface area contributed by atoms with Crippen molar-refractivity contribution in [3.63, 3.8) is 0 Å². The van der Waals surface area contributed by atoms with Gasteiger partial charge in [-0.2, -0.15) is 216 Å². The minimum atomic E-state index is -11.0. The molecule has 0 aromatic heterocycles. The lowest BCUT2D eigenvalue weighted by Gasteiger charge is -2.47. The number of benzene rings is 1. The molecule has 0 radical (unpaired) electrons. The third-order valence-electron chi connectivity index (χ3n) is 11.5. The largest absolute Gasteiger partial charge is 0.460 e. The van der Waals surface area contributed by atoms with Gasteiger partial charge in [0.25, 0.3) is 5.91 Å². The van der Waals surface area contributed by atoms with E-state index in [0.717, 1.165) is 5.32 Å². The molecule has 0 aliphatic rings. The molecule has 1 amide bonds. The molecule has 0 fully saturated rings. The first-order valence-corrected chi connectivity index (χ1v) is 20.3. The first kappa shape index (κ1) is 82.6. The Balaban J connectivity index is 4.37. The van der Waals surface area contributed by atoms with E-state index in [1.54, 1.807) is 0 Å². The van der Waals surface area contributed by atoms with Gasteiger partial charge in [-0.05, 0) is 18.6 Å². The molecule has 1 rings (SSSR count). The molecule has 91 heavy (non-hydrogen) atoms. The second kappa shape index (κ2) is 22.1. The highest BCUT2D eigenvalue weighted by Crippen LogP contribution is 2.73. The van der Waals surface area contributed by atoms with Crippen molar-refractivity contribution in [2.75, 3.05) is 6.73 Å². The van der Waals surface area contributed by atoms with Crippen molar-refractivity contribution in [1.29, 1.82) is 0 Å². The predicted molar refractivity (Wildman–Crippen MR) is 185 cm³/mol. The number of halogens is 47. The Morgan fingerprint density at radius 3 is 0.747 bits per heavy atom. The van der Waals surface area contributed by atoms with Gasteiger partial charge in [-0.25, -0.2) is 9.59 Å². The van der Waals surface area contributed by atoms with E-state index in [1.165, 1.54) is 0 Å². The van der Waals surface area contributed by atoms with E-state index >= 15 is 26.3 Å². The maximum atomic E-state index is 15.7. The summed E-state index contributed by atoms with van der Waals surface area (Å²) < 4.78 is 673. The Morgan fingerprint density at radius 1 is 0.352 bits per heavy atom. The summed E-state index contributed by atoms with van der Waals surface area (Å²) in [4.78, 5) is 50.3. The van der Waals surface area contributed by atoms with E-state index in [9.17, 15) is 199 Å². The SMILES string of the molecule is CC(=O)OCNC(=O)c1c(C(F)(F)C(F)(F)C(F)(F)C(F)(F)C(F)(F)C(F)(F)C(F)(F)C(F)(F)C(F)(F)C(F)(F)C(F)(F)C(F)(F)C(F)(F)C(F)(F)C(F)(F)C(F)(F)C(F)(F)C(F)(F)C(F)(F)C(F)(F)C(F)(F)C(F)(F)C(F)(F)F)cc(C)c(N=C=O)c1N=C=O. The molecule has 55 heteroatoms. The second-order valence-corrected chi connectivity index (χ2v) is 17.1. The van der Waals surface area contributed by atoms with Crippen LogP contribution in [0, 0.1) is 6.92 Å². The van der Waals surface area contributed by atoms with Crippen molar-refractivity contribution in [2.24, 2.45) is 9.98 Å². The summed E-state index contributed by atoms with van der Waals surface area (Å²) in [5.74, 6) is -232. The molecule has 0 saturated heterocycles. The van der Waals surface area contributed by atoms with Gasteiger partial charge in [0, 0.05) is 12.5 Å². The zero-order chi connectivity index (χ0) is 74.2. The topological polar surface area (TPSA) is 114 Å². The highest BCUT2D eigenvalue weighted by atomic mass is 19.4. The fourth-order valence-corrected chi connectivity index (χ4v) is 6.19. The number of aryl methyl sites for hydroxylation is 1. The number of nitrogens with one attached hydrogen (secondary N) is 1. The number of hydrogen-bond acceptors (Lipinski definition) is 7. The standard InChI is InChI=1S/C36H10F47N3O5/c1-7-3-9(10(13(90)86-6-91-8(2)89)12(85-5-88)11(7)84-4-87)14(37,38)15(39,40)16(41,42)17(43,44)18(45,46)19(47,48)20(49,50)21(51,52)22(53,54)23(55,56)24(57,58)25(59,60)26(61,62)27(63,64)28(65,66)29(67,68)30(69,70)31(71,72)32(73,74)33(75,76)34(77,78)35(79,80)36(81,82)83/h3H,6H2,1-2H3,(H,86,90). The summed E-state index contributed by atoms with van der Waals surface area (Å²) in [5, 5.41) is 0.942. The molecule has 1 N–H and O–H groups in total. The number of amides is 1. The normalized spacial score (nSPS) is 15.9. The van der Waals surface area contributed by atoms with Crippen LogP contribution in [0.1, 0.15) is 28.4 Å². The van der Waals surface area contributed by atoms with Gasteiger partial charge in [-0.1, -0.05) is 0 Å². The van der Waals surface area contributed by atoms with Crippen molar-refractivity contribution in [2.45, 2.75) is 150 Å². The minimum absolute atomic E-state index is 0.0226. The molecule has 0 spiro atoms. The Kier molecular flexibility index (Phi) is 20.1. The van der Waals surface area contributed by atoms with E-state index in [4.69, 9.17) is 0 Å². The van der Waals surface area contributed by atoms with Gasteiger partial charge in [-0.3, -0.25) is 9.59 Å². The van der Waals surface area contributed by atoms with E-state index in [1.807, 2.05) is 0 Å². The number of nitrogens with zero attached hydrogens (tertiary/aromatic N) is 2. The highest BCUT2D eigenvalue weighted by Gasteiger charge is 3.04. The zero-order valence-corrected chi connectivity index (χ0v) is 40.5. The molecule has 0 unspecified atom stereocenters. The molecule has 0 bridgehead atoms. The number of esters is 1. The molecule has 0 aliphatic carbocycles. The van der Waals surface area contributed by atoms with Crippen LogP contribution in [0.15, 0.2) is 16.1 Å². The maximum absolute atomic E-state index is 15.7. The van der Waals surface area contributed by atoms with Crippen LogP contribution in [0.4, 0.5) is 218 Å². The van der Waals surface area contributed by atoms with Crippen LogP contribution < -0.4 is 5.32 Å². The first-order valence-electron chi connectivity index (χ1n) is 20.3. The van der Waals surface area contributed by atoms with Crippen LogP contribution in [0.2, 0.25) is 0 Å². The smallest absolute Gasteiger partial charge is 0.445 e. The monoisotopic (exact) mass is 1460 g/mol. The average molecular weight is 1460 g/mol. The van der Waals surface area contributed by atoms with Gasteiger partial charge < -0.3 is 10.1 Å². The van der Waals surface area contributed by atoms with Gasteiger partial charge in [0.2, 0.25) is 12.2 Å². The molecule has 1 aromatic carbocycles. The van der Waals surface area contributed by atoms with Crippen LogP contribution in [0.5, 0.6) is 0 Å². The number of isocyanates is 2. The second-order valence-electron chi connectivity index (χ2n) is 17.1. The van der Waals surface area contributed by atoms with Gasteiger partial charge in [0.1, 0.15) is 11.4 Å². The van der Waals surface area contributed by atoms with E-state index in [0.29, 0.717) is 13.0 Å². The lowest BCUT2D eigenvalue weighted by Crippen LogP contribution is -2.81. The number of hydrogen-bond donors (Lipinski definition) is 1. The maximum Gasteiger partial charge on any atom is 0.460 e. The van der Waals surface area contributed by atoms with Gasteiger partial charge >= 0.3 is 142 Å². The molecule has 0 heterocycles. The quantitative estimate of drug-likeness (QED) is 0.0310. The van der Waals surface area contributed by atoms with Gasteiger partial charge in [0.05, 0.1) is 5.56 Å². The van der Waals surface area contributed by atoms with Gasteiger partial charge in [-0.15, -0.1) is 0 Å². The van der Waals surface area contributed by atoms with Crippen molar-refractivity contribution < 1.29 is 230 Å². The summed E-state index contributed by atoms with van der Waals surface area (Å²) >= 11 is 0. The Labute approximate surface area is 461 Å². The number of carbonyl (C=O) groups is 2. The number of rotatable bonds is 27. The summed E-state index contributed by atoms with van der Waals surface area (Å²) in [6.45, 7) is -1.46. The van der Waals surface area contributed by atoms with Crippen LogP contribution in [0.3, 0.4) is 0 Å². The molecular weight excluding hydrogens is 1450 g/mol. The zero-order valence-electron chi connectivity index (χ0n) is 40.5. The van der Waals surface area contributed by atoms with Crippen molar-refractivity contribution >= 4 is 35.4 Å². The molecular formula is C36H10F47N3O5. The Hall–Kier alpha value is -6.37. The fourth-order valence-electron chi connectivity index (χ4n) is 6.19. The van der Waals surface area contributed by atoms with Crippen molar-refractivity contribution in [1.82, 2.24) is 5.32 Å². The summed E-state index contributed by atoms with van der Waals surface area (Å²) in [5.41, 5.74) is -12.3.